The highest BCUT2D eigenvalue weighted by atomic mass is 19.1. The first-order valence-corrected chi connectivity index (χ1v) is 6.11. The van der Waals surface area contributed by atoms with Crippen LogP contribution >= 0.6 is 0 Å². The fraction of sp³-hybridized carbons (Fsp3) is 0.133. The first kappa shape index (κ1) is 11.7. The van der Waals surface area contributed by atoms with Gasteiger partial charge < -0.3 is 4.74 Å². The average molecular weight is 256 g/mol. The Kier molecular flexibility index (Phi) is 3.14. The van der Waals surface area contributed by atoms with Gasteiger partial charge in [0.1, 0.15) is 24.6 Å². The maximum atomic E-state index is 12.4. The molecule has 4 heteroatoms. The number of halogens is 1. The molecule has 2 aromatic heterocycles. The second kappa shape index (κ2) is 5.10. The molecule has 3 aromatic rings. The van der Waals surface area contributed by atoms with Crippen LogP contribution in [-0.2, 0) is 0 Å². The average Bonchev–Trinajstić information content (AvgIpc) is 2.85. The topological polar surface area (TPSA) is 26.5 Å². The van der Waals surface area contributed by atoms with E-state index >= 15 is 0 Å². The van der Waals surface area contributed by atoms with Crippen molar-refractivity contribution in [3.8, 4) is 17.1 Å². The van der Waals surface area contributed by atoms with Gasteiger partial charge in [0.15, 0.2) is 0 Å². The number of ether oxygens (including phenoxy) is 1. The minimum Gasteiger partial charge on any atom is -0.474 e. The molecule has 2 heterocycles. The van der Waals surface area contributed by atoms with Crippen LogP contribution in [0.5, 0.6) is 5.88 Å². The Hall–Kier alpha value is -2.36. The molecule has 0 saturated heterocycles. The lowest BCUT2D eigenvalue weighted by Gasteiger charge is -2.06. The smallest absolute Gasteiger partial charge is 0.226 e. The summed E-state index contributed by atoms with van der Waals surface area (Å²) in [5.41, 5.74) is 2.48. The summed E-state index contributed by atoms with van der Waals surface area (Å²) in [6, 6.07) is 15.5. The van der Waals surface area contributed by atoms with Gasteiger partial charge in [0, 0.05) is 11.8 Å². The van der Waals surface area contributed by atoms with E-state index in [1.807, 2.05) is 59.1 Å². The van der Waals surface area contributed by atoms with Crippen LogP contribution in [0, 0.1) is 0 Å². The van der Waals surface area contributed by atoms with E-state index in [-0.39, 0.29) is 6.61 Å². The molecule has 3 nitrogen and oxygen atoms in total. The normalized spacial score (nSPS) is 10.8. The molecule has 0 radical (unpaired) electrons. The Balaban J connectivity index is 2.17. The van der Waals surface area contributed by atoms with Gasteiger partial charge in [0.2, 0.25) is 5.88 Å². The SMILES string of the molecule is FCCOc1c(-c2ccccc2)nc2ccccn12. The molecule has 3 rings (SSSR count). The molecule has 0 amide bonds. The van der Waals surface area contributed by atoms with E-state index in [2.05, 4.69) is 4.98 Å². The third-order valence-corrected chi connectivity index (χ3v) is 2.85. The molecule has 19 heavy (non-hydrogen) atoms. The van der Waals surface area contributed by atoms with Gasteiger partial charge in [-0.1, -0.05) is 36.4 Å². The molecule has 0 atom stereocenters. The lowest BCUT2D eigenvalue weighted by atomic mass is 10.2. The standard InChI is InChI=1S/C15H13FN2O/c16-9-11-19-15-14(12-6-2-1-3-7-12)17-13-8-4-5-10-18(13)15/h1-8,10H,9,11H2. The molecule has 1 aromatic carbocycles. The number of aromatic nitrogens is 2. The van der Waals surface area contributed by atoms with Gasteiger partial charge in [0.05, 0.1) is 0 Å². The van der Waals surface area contributed by atoms with E-state index in [1.165, 1.54) is 0 Å². The van der Waals surface area contributed by atoms with Crippen molar-refractivity contribution in [1.82, 2.24) is 9.38 Å². The first-order valence-electron chi connectivity index (χ1n) is 6.11. The summed E-state index contributed by atoms with van der Waals surface area (Å²) < 4.78 is 19.7. The number of nitrogens with zero attached hydrogens (tertiary/aromatic N) is 2. The Morgan fingerprint density at radius 1 is 1.05 bits per heavy atom. The zero-order chi connectivity index (χ0) is 13.1. The summed E-state index contributed by atoms with van der Waals surface area (Å²) in [6.45, 7) is -0.489. The van der Waals surface area contributed by atoms with Crippen molar-refractivity contribution in [2.24, 2.45) is 0 Å². The van der Waals surface area contributed by atoms with Crippen LogP contribution < -0.4 is 4.74 Å². The Bertz CT molecular complexity index is 679. The van der Waals surface area contributed by atoms with Crippen molar-refractivity contribution in [2.75, 3.05) is 13.3 Å². The minimum absolute atomic E-state index is 0.0303. The van der Waals surface area contributed by atoms with E-state index < -0.39 is 6.67 Å². The van der Waals surface area contributed by atoms with Gasteiger partial charge in [-0.3, -0.25) is 4.40 Å². The molecular formula is C15H13FN2O. The zero-order valence-corrected chi connectivity index (χ0v) is 10.3. The van der Waals surface area contributed by atoms with Gasteiger partial charge in [-0.15, -0.1) is 0 Å². The Morgan fingerprint density at radius 2 is 1.84 bits per heavy atom. The van der Waals surface area contributed by atoms with Crippen molar-refractivity contribution in [2.45, 2.75) is 0 Å². The summed E-state index contributed by atoms with van der Waals surface area (Å²) in [7, 11) is 0. The number of hydrogen-bond acceptors (Lipinski definition) is 2. The van der Waals surface area contributed by atoms with E-state index in [0.717, 1.165) is 16.9 Å². The minimum atomic E-state index is -0.520. The van der Waals surface area contributed by atoms with Crippen molar-refractivity contribution in [1.29, 1.82) is 0 Å². The highest BCUT2D eigenvalue weighted by Gasteiger charge is 2.14. The predicted octanol–water partition coefficient (Wildman–Crippen LogP) is 3.35. The number of fused-ring (bicyclic) bond motifs is 1. The first-order chi connectivity index (χ1) is 9.40. The van der Waals surface area contributed by atoms with Gasteiger partial charge >= 0.3 is 0 Å². The molecule has 0 spiro atoms. The number of hydrogen-bond donors (Lipinski definition) is 0. The fourth-order valence-electron chi connectivity index (χ4n) is 2.03. The van der Waals surface area contributed by atoms with Gasteiger partial charge in [-0.2, -0.15) is 0 Å². The molecule has 0 unspecified atom stereocenters. The van der Waals surface area contributed by atoms with E-state index in [0.29, 0.717) is 5.88 Å². The van der Waals surface area contributed by atoms with Crippen LogP contribution in [0.2, 0.25) is 0 Å². The monoisotopic (exact) mass is 256 g/mol. The molecule has 0 aliphatic rings. The van der Waals surface area contributed by atoms with Crippen LogP contribution in [0.15, 0.2) is 54.7 Å². The molecule has 0 fully saturated rings. The van der Waals surface area contributed by atoms with Crippen molar-refractivity contribution in [3.05, 3.63) is 54.7 Å². The van der Waals surface area contributed by atoms with Crippen LogP contribution in [0.25, 0.3) is 16.9 Å². The Morgan fingerprint density at radius 3 is 2.63 bits per heavy atom. The van der Waals surface area contributed by atoms with Crippen LogP contribution in [0.3, 0.4) is 0 Å². The quantitative estimate of drug-likeness (QED) is 0.715. The number of alkyl halides is 1. The molecule has 0 aliphatic heterocycles. The summed E-state index contributed by atoms with van der Waals surface area (Å²) in [5, 5.41) is 0. The van der Waals surface area contributed by atoms with Crippen LogP contribution in [-0.4, -0.2) is 22.7 Å². The summed E-state index contributed by atoms with van der Waals surface area (Å²) in [5.74, 6) is 0.583. The number of pyridine rings is 1. The number of imidazole rings is 1. The van der Waals surface area contributed by atoms with Crippen molar-refractivity contribution < 1.29 is 9.13 Å². The summed E-state index contributed by atoms with van der Waals surface area (Å²) >= 11 is 0. The molecular weight excluding hydrogens is 243 g/mol. The Labute approximate surface area is 110 Å². The van der Waals surface area contributed by atoms with Crippen molar-refractivity contribution in [3.63, 3.8) is 0 Å². The van der Waals surface area contributed by atoms with Crippen molar-refractivity contribution >= 4 is 5.65 Å². The second-order valence-corrected chi connectivity index (χ2v) is 4.10. The summed E-state index contributed by atoms with van der Waals surface area (Å²) in [6.07, 6.45) is 1.86. The lowest BCUT2D eigenvalue weighted by Crippen LogP contribution is -2.02. The maximum Gasteiger partial charge on any atom is 0.226 e. The van der Waals surface area contributed by atoms with E-state index in [1.54, 1.807) is 0 Å². The van der Waals surface area contributed by atoms with Gasteiger partial charge in [-0.25, -0.2) is 9.37 Å². The van der Waals surface area contributed by atoms with E-state index in [4.69, 9.17) is 4.74 Å². The fourth-order valence-corrected chi connectivity index (χ4v) is 2.03. The zero-order valence-electron chi connectivity index (χ0n) is 10.3. The van der Waals surface area contributed by atoms with Crippen LogP contribution in [0.4, 0.5) is 4.39 Å². The third kappa shape index (κ3) is 2.17. The van der Waals surface area contributed by atoms with Crippen LogP contribution in [0.1, 0.15) is 0 Å². The molecule has 0 bridgehead atoms. The second-order valence-electron chi connectivity index (χ2n) is 4.10. The maximum absolute atomic E-state index is 12.4. The molecule has 96 valence electrons. The third-order valence-electron chi connectivity index (χ3n) is 2.85. The lowest BCUT2D eigenvalue weighted by molar-refractivity contribution is 0.263. The van der Waals surface area contributed by atoms with Gasteiger partial charge in [0.25, 0.3) is 0 Å². The number of rotatable bonds is 4. The highest BCUT2D eigenvalue weighted by molar-refractivity contribution is 5.69. The number of benzene rings is 1. The molecule has 0 aliphatic carbocycles. The highest BCUT2D eigenvalue weighted by Crippen LogP contribution is 2.30. The largest absolute Gasteiger partial charge is 0.474 e. The molecule has 0 saturated carbocycles. The predicted molar refractivity (Wildman–Crippen MR) is 72.1 cm³/mol. The summed E-state index contributed by atoms with van der Waals surface area (Å²) in [4.78, 5) is 4.55. The molecule has 0 N–H and O–H groups in total. The van der Waals surface area contributed by atoms with E-state index in [9.17, 15) is 4.39 Å². The van der Waals surface area contributed by atoms with Gasteiger partial charge in [-0.05, 0) is 12.1 Å².